The Morgan fingerprint density at radius 3 is 2.44 bits per heavy atom. The summed E-state index contributed by atoms with van der Waals surface area (Å²) < 4.78 is 89.8. The molecule has 0 spiro atoms. The van der Waals surface area contributed by atoms with Crippen molar-refractivity contribution in [1.82, 2.24) is 9.29 Å². The van der Waals surface area contributed by atoms with Crippen LogP contribution in [0.25, 0.3) is 0 Å². The first-order valence-electron chi connectivity index (χ1n) is 13.2. The van der Waals surface area contributed by atoms with E-state index in [1.165, 1.54) is 13.1 Å². The Kier molecular flexibility index (Phi) is 7.73. The molecular formula is C27H31F4N3O5S2. The normalized spacial score (nSPS) is 23.3. The number of fused-ring (bicyclic) bond motifs is 1. The molecule has 5 rings (SSSR count). The number of thioether (sulfide) groups is 1. The predicted octanol–water partition coefficient (Wildman–Crippen LogP) is 5.79. The van der Waals surface area contributed by atoms with Gasteiger partial charge in [-0.3, -0.25) is 4.79 Å². The van der Waals surface area contributed by atoms with Gasteiger partial charge in [-0.05, 0) is 38.3 Å². The number of pyridine rings is 1. The van der Waals surface area contributed by atoms with Gasteiger partial charge in [-0.25, -0.2) is 31.0 Å². The molecule has 0 saturated heterocycles. The maximum absolute atomic E-state index is 13.9. The number of nitrogens with zero attached hydrogens (tertiary/aromatic N) is 3. The largest absolute Gasteiger partial charge is 0.490 e. The van der Waals surface area contributed by atoms with Crippen molar-refractivity contribution in [2.24, 2.45) is 5.41 Å². The van der Waals surface area contributed by atoms with Gasteiger partial charge >= 0.3 is 5.97 Å². The molecule has 2 fully saturated rings. The van der Waals surface area contributed by atoms with Crippen molar-refractivity contribution in [2.45, 2.75) is 78.5 Å². The summed E-state index contributed by atoms with van der Waals surface area (Å²) in [5.74, 6) is -6.83. The predicted molar refractivity (Wildman–Crippen MR) is 145 cm³/mol. The quantitative estimate of drug-likeness (QED) is 0.335. The number of carboxylic acids is 1. The number of carbonyl (C=O) groups is 1. The lowest BCUT2D eigenvalue weighted by molar-refractivity contribution is -0.144. The van der Waals surface area contributed by atoms with Crippen molar-refractivity contribution in [1.29, 1.82) is 0 Å². The standard InChI is InChI=1S/C27H31F4N3O5S2/c1-25(28,29)9-8-18-15-34(17-6-4-3-5-7-17)22-21(41(37,38)33(18)2)12-20(39-16-26(10-11-26)24(35)36)23(32-22)40-19-13-27(30,31)14-19/h3-7,12,18-19H,8-11,13-16H2,1-2H3,(H,35,36)/t18-/m0/s1. The van der Waals surface area contributed by atoms with Crippen LogP contribution in [0.4, 0.5) is 29.1 Å². The molecule has 2 heterocycles. The fraction of sp³-hybridized carbons (Fsp3) is 0.556. The monoisotopic (exact) mass is 617 g/mol. The molecule has 0 amide bonds. The highest BCUT2D eigenvalue weighted by molar-refractivity contribution is 8.00. The van der Waals surface area contributed by atoms with E-state index in [1.54, 1.807) is 35.2 Å². The lowest BCUT2D eigenvalue weighted by atomic mass is 9.94. The number of para-hydroxylation sites is 1. The lowest BCUT2D eigenvalue weighted by Gasteiger charge is -2.34. The van der Waals surface area contributed by atoms with Crippen LogP contribution in [0.1, 0.15) is 45.4 Å². The lowest BCUT2D eigenvalue weighted by Crippen LogP contribution is -2.41. The summed E-state index contributed by atoms with van der Waals surface area (Å²) in [5.41, 5.74) is -0.525. The van der Waals surface area contributed by atoms with Crippen molar-refractivity contribution in [3.63, 3.8) is 0 Å². The van der Waals surface area contributed by atoms with Crippen molar-refractivity contribution in [2.75, 3.05) is 25.1 Å². The highest BCUT2D eigenvalue weighted by atomic mass is 32.2. The molecule has 8 nitrogen and oxygen atoms in total. The molecule has 224 valence electrons. The zero-order valence-electron chi connectivity index (χ0n) is 22.5. The molecule has 2 aromatic rings. The first kappa shape index (κ1) is 29.9. The molecule has 1 N–H and O–H groups in total. The number of aliphatic carboxylic acids is 1. The van der Waals surface area contributed by atoms with Crippen LogP contribution in [0.2, 0.25) is 0 Å². The molecule has 41 heavy (non-hydrogen) atoms. The van der Waals surface area contributed by atoms with Crippen LogP contribution in [0.15, 0.2) is 46.3 Å². The number of likely N-dealkylation sites (N-methyl/N-ethyl adjacent to an activating group) is 1. The Labute approximate surface area is 240 Å². The number of alkyl halides is 4. The second-order valence-corrected chi connectivity index (χ2v) is 14.5. The van der Waals surface area contributed by atoms with Crippen LogP contribution in [0, 0.1) is 5.41 Å². The zero-order chi connectivity index (χ0) is 29.8. The topological polar surface area (TPSA) is 100 Å². The minimum atomic E-state index is -4.29. The first-order chi connectivity index (χ1) is 19.1. The van der Waals surface area contributed by atoms with Gasteiger partial charge < -0.3 is 14.7 Å². The fourth-order valence-corrected chi connectivity index (χ4v) is 7.81. The van der Waals surface area contributed by atoms with E-state index in [1.807, 2.05) is 0 Å². The fourth-order valence-electron chi connectivity index (χ4n) is 4.95. The number of hydrogen-bond acceptors (Lipinski definition) is 7. The SMILES string of the molecule is CN1[C@@H](CCC(C)(F)F)CN(c2ccccc2)c2nc(SC3CC(F)(F)C3)c(OCC3(C(=O)O)CC3)cc2S1(=O)=O. The van der Waals surface area contributed by atoms with Crippen LogP contribution in [0.3, 0.4) is 0 Å². The third-order valence-corrected chi connectivity index (χ3v) is 10.9. The summed E-state index contributed by atoms with van der Waals surface area (Å²) in [6.07, 6.45) is -0.640. The van der Waals surface area contributed by atoms with E-state index in [2.05, 4.69) is 4.98 Å². The van der Waals surface area contributed by atoms with Crippen LogP contribution < -0.4 is 9.64 Å². The molecule has 1 aromatic heterocycles. The minimum Gasteiger partial charge on any atom is -0.490 e. The van der Waals surface area contributed by atoms with E-state index in [9.17, 15) is 35.9 Å². The number of anilines is 2. The highest BCUT2D eigenvalue weighted by Crippen LogP contribution is 2.51. The summed E-state index contributed by atoms with van der Waals surface area (Å²) in [5, 5.41) is 9.27. The maximum atomic E-state index is 13.9. The summed E-state index contributed by atoms with van der Waals surface area (Å²) in [6.45, 7) is 0.567. The second kappa shape index (κ2) is 10.6. The Morgan fingerprint density at radius 2 is 1.88 bits per heavy atom. The number of sulfonamides is 1. The molecule has 2 aliphatic carbocycles. The third kappa shape index (κ3) is 6.29. The summed E-state index contributed by atoms with van der Waals surface area (Å²) in [6, 6.07) is 9.17. The summed E-state index contributed by atoms with van der Waals surface area (Å²) in [7, 11) is -2.96. The molecule has 1 atom stereocenters. The molecule has 3 aliphatic rings. The molecule has 1 aromatic carbocycles. The van der Waals surface area contributed by atoms with E-state index in [4.69, 9.17) is 4.74 Å². The highest BCUT2D eigenvalue weighted by Gasteiger charge is 2.52. The Hall–Kier alpha value is -2.58. The Balaban J connectivity index is 1.60. The summed E-state index contributed by atoms with van der Waals surface area (Å²) >= 11 is 1.03. The average Bonchev–Trinajstić information content (AvgIpc) is 3.68. The van der Waals surface area contributed by atoms with Crippen LogP contribution in [-0.2, 0) is 14.8 Å². The number of hydrogen-bond donors (Lipinski definition) is 1. The van der Waals surface area contributed by atoms with Crippen LogP contribution >= 0.6 is 11.8 Å². The van der Waals surface area contributed by atoms with Gasteiger partial charge in [0.15, 0.2) is 11.6 Å². The maximum Gasteiger partial charge on any atom is 0.313 e. The summed E-state index contributed by atoms with van der Waals surface area (Å²) in [4.78, 5) is 17.8. The molecule has 0 bridgehead atoms. The Morgan fingerprint density at radius 1 is 1.22 bits per heavy atom. The molecular weight excluding hydrogens is 586 g/mol. The van der Waals surface area contributed by atoms with Crippen molar-refractivity contribution in [3.05, 3.63) is 36.4 Å². The van der Waals surface area contributed by atoms with Crippen LogP contribution in [0.5, 0.6) is 5.75 Å². The zero-order valence-corrected chi connectivity index (χ0v) is 24.2. The molecule has 1 aliphatic heterocycles. The van der Waals surface area contributed by atoms with Crippen molar-refractivity contribution >= 4 is 39.3 Å². The van der Waals surface area contributed by atoms with Gasteiger partial charge in [-0.2, -0.15) is 4.31 Å². The van der Waals surface area contributed by atoms with Crippen molar-refractivity contribution in [3.8, 4) is 5.75 Å². The average molecular weight is 618 g/mol. The van der Waals surface area contributed by atoms with E-state index in [0.29, 0.717) is 18.5 Å². The number of benzene rings is 1. The van der Waals surface area contributed by atoms with Gasteiger partial charge in [-0.1, -0.05) is 30.0 Å². The second-order valence-electron chi connectivity index (χ2n) is 11.2. The van der Waals surface area contributed by atoms with Gasteiger partial charge in [0.1, 0.15) is 21.9 Å². The molecule has 0 unspecified atom stereocenters. The number of rotatable bonds is 10. The van der Waals surface area contributed by atoms with E-state index in [-0.39, 0.29) is 53.9 Å². The van der Waals surface area contributed by atoms with Gasteiger partial charge in [0, 0.05) is 55.9 Å². The third-order valence-electron chi connectivity index (χ3n) is 7.85. The van der Waals surface area contributed by atoms with Crippen LogP contribution in [-0.4, -0.2) is 72.1 Å². The Bertz CT molecular complexity index is 1410. The molecule has 0 radical (unpaired) electrons. The minimum absolute atomic E-state index is 0.0139. The first-order valence-corrected chi connectivity index (χ1v) is 15.6. The number of ether oxygens (including phenoxy) is 1. The van der Waals surface area contributed by atoms with Gasteiger partial charge in [0.25, 0.3) is 0 Å². The number of carboxylic acid groups (broad SMARTS) is 1. The van der Waals surface area contributed by atoms with E-state index in [0.717, 1.165) is 23.0 Å². The van der Waals surface area contributed by atoms with E-state index >= 15 is 0 Å². The molecule has 2 saturated carbocycles. The number of aromatic nitrogens is 1. The van der Waals surface area contributed by atoms with Gasteiger partial charge in [-0.15, -0.1) is 0 Å². The molecule has 14 heteroatoms. The van der Waals surface area contributed by atoms with Gasteiger partial charge in [0.2, 0.25) is 21.9 Å². The smallest absolute Gasteiger partial charge is 0.313 e. The number of halogens is 4. The van der Waals surface area contributed by atoms with Crippen molar-refractivity contribution < 1.29 is 40.6 Å². The van der Waals surface area contributed by atoms with Gasteiger partial charge in [0.05, 0.1) is 0 Å². The van der Waals surface area contributed by atoms with E-state index < -0.39 is 51.0 Å².